The number of hydrogen-bond acceptors (Lipinski definition) is 4. The molecule has 110 valence electrons. The van der Waals surface area contributed by atoms with Gasteiger partial charge in [0.15, 0.2) is 0 Å². The smallest absolute Gasteiger partial charge is 0.410 e. The molecule has 0 unspecified atom stereocenters. The van der Waals surface area contributed by atoms with Gasteiger partial charge < -0.3 is 14.4 Å². The Hall–Kier alpha value is -1.07. The third-order valence-electron chi connectivity index (χ3n) is 2.81. The second kappa shape index (κ2) is 7.50. The van der Waals surface area contributed by atoms with Crippen molar-refractivity contribution < 1.29 is 14.3 Å². The van der Waals surface area contributed by atoms with E-state index in [1.165, 1.54) is 0 Å². The average Bonchev–Trinajstić information content (AvgIpc) is 2.33. The van der Waals surface area contributed by atoms with Crippen LogP contribution in [-0.2, 0) is 9.47 Å². The lowest BCUT2D eigenvalue weighted by atomic mass is 10.2. The fourth-order valence-electron chi connectivity index (χ4n) is 1.84. The van der Waals surface area contributed by atoms with Crippen LogP contribution < -0.4 is 0 Å². The average molecular weight is 270 g/mol. The van der Waals surface area contributed by atoms with E-state index in [0.29, 0.717) is 13.2 Å². The van der Waals surface area contributed by atoms with Gasteiger partial charge in [-0.1, -0.05) is 6.08 Å². The molecule has 1 saturated heterocycles. The summed E-state index contributed by atoms with van der Waals surface area (Å²) in [5, 5.41) is 0. The van der Waals surface area contributed by atoms with Crippen molar-refractivity contribution >= 4 is 6.09 Å². The quantitative estimate of drug-likeness (QED) is 0.564. The number of ether oxygens (including phenoxy) is 2. The molecule has 0 atom stereocenters. The highest BCUT2D eigenvalue weighted by Gasteiger charge is 2.25. The van der Waals surface area contributed by atoms with E-state index in [1.54, 1.807) is 11.0 Å². The summed E-state index contributed by atoms with van der Waals surface area (Å²) in [6.45, 7) is 14.6. The molecular formula is C14H26N2O3. The summed E-state index contributed by atoms with van der Waals surface area (Å²) in [5.74, 6) is 0. The van der Waals surface area contributed by atoms with E-state index in [0.717, 1.165) is 32.7 Å². The fourth-order valence-corrected chi connectivity index (χ4v) is 1.84. The van der Waals surface area contributed by atoms with Crippen molar-refractivity contribution in [3.63, 3.8) is 0 Å². The van der Waals surface area contributed by atoms with Gasteiger partial charge in [-0.2, -0.15) is 0 Å². The van der Waals surface area contributed by atoms with Gasteiger partial charge in [0.1, 0.15) is 5.60 Å². The molecule has 0 aromatic heterocycles. The highest BCUT2D eigenvalue weighted by molar-refractivity contribution is 5.68. The van der Waals surface area contributed by atoms with Crippen molar-refractivity contribution in [1.29, 1.82) is 0 Å². The topological polar surface area (TPSA) is 42.0 Å². The van der Waals surface area contributed by atoms with Gasteiger partial charge in [-0.3, -0.25) is 4.90 Å². The van der Waals surface area contributed by atoms with Gasteiger partial charge in [0, 0.05) is 32.7 Å². The predicted octanol–water partition coefficient (Wildman–Crippen LogP) is 1.74. The molecule has 1 amide bonds. The molecule has 0 N–H and O–H groups in total. The van der Waals surface area contributed by atoms with Crippen molar-refractivity contribution in [2.24, 2.45) is 0 Å². The molecule has 5 nitrogen and oxygen atoms in total. The van der Waals surface area contributed by atoms with Gasteiger partial charge in [-0.05, 0) is 20.8 Å². The second-order valence-electron chi connectivity index (χ2n) is 5.67. The largest absolute Gasteiger partial charge is 0.444 e. The minimum absolute atomic E-state index is 0.213. The first-order chi connectivity index (χ1) is 8.92. The third-order valence-corrected chi connectivity index (χ3v) is 2.81. The van der Waals surface area contributed by atoms with Crippen molar-refractivity contribution in [2.45, 2.75) is 26.4 Å². The number of carbonyl (C=O) groups is 1. The van der Waals surface area contributed by atoms with Crippen molar-refractivity contribution in [3.05, 3.63) is 12.7 Å². The lowest BCUT2D eigenvalue weighted by Gasteiger charge is -2.35. The van der Waals surface area contributed by atoms with Crippen LogP contribution in [0.15, 0.2) is 12.7 Å². The number of piperazine rings is 1. The van der Waals surface area contributed by atoms with Crippen LogP contribution in [0.3, 0.4) is 0 Å². The molecule has 0 saturated carbocycles. The molecular weight excluding hydrogens is 244 g/mol. The van der Waals surface area contributed by atoms with Crippen LogP contribution in [0.1, 0.15) is 20.8 Å². The Labute approximate surface area is 116 Å². The third kappa shape index (κ3) is 6.59. The zero-order valence-electron chi connectivity index (χ0n) is 12.4. The molecule has 1 heterocycles. The minimum Gasteiger partial charge on any atom is -0.444 e. The van der Waals surface area contributed by atoms with E-state index >= 15 is 0 Å². The van der Waals surface area contributed by atoms with Gasteiger partial charge in [0.2, 0.25) is 0 Å². The molecule has 0 aromatic carbocycles. The molecule has 19 heavy (non-hydrogen) atoms. The molecule has 1 aliphatic rings. The number of nitrogens with zero attached hydrogens (tertiary/aromatic N) is 2. The zero-order chi connectivity index (χ0) is 14.3. The molecule has 1 fully saturated rings. The maximum Gasteiger partial charge on any atom is 0.410 e. The van der Waals surface area contributed by atoms with E-state index in [4.69, 9.17) is 9.47 Å². The SMILES string of the molecule is C=CCOCCN1CCN(C(=O)OC(C)(C)C)CC1. The van der Waals surface area contributed by atoms with Gasteiger partial charge in [0.25, 0.3) is 0 Å². The maximum absolute atomic E-state index is 11.9. The zero-order valence-corrected chi connectivity index (χ0v) is 12.4. The van der Waals surface area contributed by atoms with Gasteiger partial charge in [-0.15, -0.1) is 6.58 Å². The molecule has 0 bridgehead atoms. The summed E-state index contributed by atoms with van der Waals surface area (Å²) in [6, 6.07) is 0. The lowest BCUT2D eigenvalue weighted by molar-refractivity contribution is 0.0121. The molecule has 1 rings (SSSR count). The summed E-state index contributed by atoms with van der Waals surface area (Å²) >= 11 is 0. The first kappa shape index (κ1) is 16.0. The van der Waals surface area contributed by atoms with E-state index in [1.807, 2.05) is 20.8 Å². The Morgan fingerprint density at radius 1 is 1.26 bits per heavy atom. The highest BCUT2D eigenvalue weighted by Crippen LogP contribution is 2.11. The van der Waals surface area contributed by atoms with Crippen molar-refractivity contribution in [1.82, 2.24) is 9.80 Å². The van der Waals surface area contributed by atoms with Crippen LogP contribution in [0, 0.1) is 0 Å². The second-order valence-corrected chi connectivity index (χ2v) is 5.67. The Bertz CT molecular complexity index is 292. The van der Waals surface area contributed by atoms with Crippen LogP contribution >= 0.6 is 0 Å². The summed E-state index contributed by atoms with van der Waals surface area (Å²) < 4.78 is 10.7. The number of carbonyl (C=O) groups excluding carboxylic acids is 1. The summed E-state index contributed by atoms with van der Waals surface area (Å²) in [4.78, 5) is 15.9. The highest BCUT2D eigenvalue weighted by atomic mass is 16.6. The number of hydrogen-bond donors (Lipinski definition) is 0. The maximum atomic E-state index is 11.9. The Morgan fingerprint density at radius 3 is 2.42 bits per heavy atom. The Morgan fingerprint density at radius 2 is 1.89 bits per heavy atom. The molecule has 5 heteroatoms. The lowest BCUT2D eigenvalue weighted by Crippen LogP contribution is -2.50. The van der Waals surface area contributed by atoms with E-state index in [9.17, 15) is 4.79 Å². The van der Waals surface area contributed by atoms with Crippen LogP contribution in [0.2, 0.25) is 0 Å². The minimum atomic E-state index is -0.424. The summed E-state index contributed by atoms with van der Waals surface area (Å²) in [6.07, 6.45) is 1.54. The predicted molar refractivity (Wildman–Crippen MR) is 75.3 cm³/mol. The Kier molecular flexibility index (Phi) is 6.31. The number of rotatable bonds is 5. The number of amides is 1. The van der Waals surface area contributed by atoms with Crippen LogP contribution in [0.25, 0.3) is 0 Å². The van der Waals surface area contributed by atoms with Crippen LogP contribution in [-0.4, -0.2) is 67.4 Å². The fraction of sp³-hybridized carbons (Fsp3) is 0.786. The van der Waals surface area contributed by atoms with Crippen molar-refractivity contribution in [2.75, 3.05) is 45.9 Å². The first-order valence-electron chi connectivity index (χ1n) is 6.81. The van der Waals surface area contributed by atoms with E-state index in [-0.39, 0.29) is 6.09 Å². The standard InChI is InChI=1S/C14H26N2O3/c1-5-11-18-12-10-15-6-8-16(9-7-15)13(17)19-14(2,3)4/h5H,1,6-12H2,2-4H3. The van der Waals surface area contributed by atoms with Crippen LogP contribution in [0.4, 0.5) is 4.79 Å². The molecule has 0 aromatic rings. The van der Waals surface area contributed by atoms with E-state index < -0.39 is 5.60 Å². The normalized spacial score (nSPS) is 17.3. The summed E-state index contributed by atoms with van der Waals surface area (Å²) in [7, 11) is 0. The van der Waals surface area contributed by atoms with Crippen LogP contribution in [0.5, 0.6) is 0 Å². The molecule has 0 radical (unpaired) electrons. The monoisotopic (exact) mass is 270 g/mol. The Balaban J connectivity index is 2.21. The first-order valence-corrected chi connectivity index (χ1v) is 6.81. The molecule has 0 aliphatic carbocycles. The van der Waals surface area contributed by atoms with Gasteiger partial charge >= 0.3 is 6.09 Å². The summed E-state index contributed by atoms with van der Waals surface area (Å²) in [5.41, 5.74) is -0.424. The molecule has 0 spiro atoms. The van der Waals surface area contributed by atoms with Gasteiger partial charge in [-0.25, -0.2) is 4.79 Å². The molecule has 1 aliphatic heterocycles. The van der Waals surface area contributed by atoms with Crippen molar-refractivity contribution in [3.8, 4) is 0 Å². The van der Waals surface area contributed by atoms with E-state index in [2.05, 4.69) is 11.5 Å². The van der Waals surface area contributed by atoms with Gasteiger partial charge in [0.05, 0.1) is 13.2 Å².